The normalized spacial score (nSPS) is 10.0. The van der Waals surface area contributed by atoms with Crippen molar-refractivity contribution < 1.29 is 14.3 Å². The van der Waals surface area contributed by atoms with Crippen molar-refractivity contribution in [3.63, 3.8) is 0 Å². The number of carbonyl (C=O) groups excluding carboxylic acids is 1. The molecule has 0 saturated heterocycles. The van der Waals surface area contributed by atoms with Crippen molar-refractivity contribution in [3.8, 4) is 11.6 Å². The number of halogens is 1. The maximum atomic E-state index is 11.4. The van der Waals surface area contributed by atoms with Crippen LogP contribution in [-0.4, -0.2) is 18.1 Å². The topological polar surface area (TPSA) is 74.4 Å². The lowest BCUT2D eigenvalue weighted by Crippen LogP contribution is -2.01. The minimum Gasteiger partial charge on any atom is -0.465 e. The number of anilines is 1. The highest BCUT2D eigenvalue weighted by atomic mass is 35.5. The van der Waals surface area contributed by atoms with E-state index < -0.39 is 5.97 Å². The molecule has 1 heterocycles. The van der Waals surface area contributed by atoms with Crippen molar-refractivity contribution in [1.82, 2.24) is 4.98 Å². The average molecular weight is 279 g/mol. The monoisotopic (exact) mass is 278 g/mol. The number of nitrogen functional groups attached to an aromatic ring is 1. The Kier molecular flexibility index (Phi) is 3.87. The number of hydrogen-bond acceptors (Lipinski definition) is 5. The molecule has 0 amide bonds. The van der Waals surface area contributed by atoms with Crippen LogP contribution in [0.4, 0.5) is 5.69 Å². The third-order valence-corrected chi connectivity index (χ3v) is 2.68. The SMILES string of the molecule is COC(=O)c1ccnc(Oc2ccc(N)c(Cl)c2)c1. The van der Waals surface area contributed by atoms with Crippen molar-refractivity contribution in [1.29, 1.82) is 0 Å². The highest BCUT2D eigenvalue weighted by Gasteiger charge is 2.08. The third-order valence-electron chi connectivity index (χ3n) is 2.35. The first-order valence-electron chi connectivity index (χ1n) is 5.37. The smallest absolute Gasteiger partial charge is 0.338 e. The van der Waals surface area contributed by atoms with Crippen molar-refractivity contribution in [2.45, 2.75) is 0 Å². The Morgan fingerprint density at radius 3 is 2.79 bits per heavy atom. The summed E-state index contributed by atoms with van der Waals surface area (Å²) in [5, 5.41) is 0.390. The van der Waals surface area contributed by atoms with Gasteiger partial charge in [0.1, 0.15) is 5.75 Å². The molecule has 0 saturated carbocycles. The van der Waals surface area contributed by atoms with Crippen molar-refractivity contribution in [2.24, 2.45) is 0 Å². The van der Waals surface area contributed by atoms with Crippen LogP contribution in [0.2, 0.25) is 5.02 Å². The predicted molar refractivity (Wildman–Crippen MR) is 71.5 cm³/mol. The van der Waals surface area contributed by atoms with E-state index in [2.05, 4.69) is 9.72 Å². The van der Waals surface area contributed by atoms with E-state index in [0.29, 0.717) is 22.0 Å². The number of rotatable bonds is 3. The Morgan fingerprint density at radius 2 is 2.11 bits per heavy atom. The van der Waals surface area contributed by atoms with Crippen LogP contribution in [0, 0.1) is 0 Å². The van der Waals surface area contributed by atoms with Gasteiger partial charge in [-0.3, -0.25) is 0 Å². The predicted octanol–water partition coefficient (Wildman–Crippen LogP) is 2.90. The fraction of sp³-hybridized carbons (Fsp3) is 0.0769. The van der Waals surface area contributed by atoms with Gasteiger partial charge in [0, 0.05) is 18.3 Å². The van der Waals surface area contributed by atoms with E-state index >= 15 is 0 Å². The summed E-state index contributed by atoms with van der Waals surface area (Å²) in [6.07, 6.45) is 1.46. The van der Waals surface area contributed by atoms with Crippen LogP contribution in [0.5, 0.6) is 11.6 Å². The van der Waals surface area contributed by atoms with Gasteiger partial charge in [-0.2, -0.15) is 0 Å². The van der Waals surface area contributed by atoms with Gasteiger partial charge in [0.05, 0.1) is 23.4 Å². The molecule has 0 fully saturated rings. The molecule has 19 heavy (non-hydrogen) atoms. The molecule has 0 aliphatic rings. The Morgan fingerprint density at radius 1 is 1.32 bits per heavy atom. The average Bonchev–Trinajstić information content (AvgIpc) is 2.42. The number of esters is 1. The second-order valence-electron chi connectivity index (χ2n) is 3.66. The number of ether oxygens (including phenoxy) is 2. The van der Waals surface area contributed by atoms with Gasteiger partial charge in [0.15, 0.2) is 0 Å². The summed E-state index contributed by atoms with van der Waals surface area (Å²) in [4.78, 5) is 15.4. The van der Waals surface area contributed by atoms with E-state index in [9.17, 15) is 4.79 Å². The largest absolute Gasteiger partial charge is 0.465 e. The summed E-state index contributed by atoms with van der Waals surface area (Å²) < 4.78 is 10.1. The summed E-state index contributed by atoms with van der Waals surface area (Å²) in [7, 11) is 1.31. The summed E-state index contributed by atoms with van der Waals surface area (Å²) in [6, 6.07) is 7.88. The quantitative estimate of drug-likeness (QED) is 0.690. The molecule has 0 atom stereocenters. The molecule has 5 nitrogen and oxygen atoms in total. The fourth-order valence-corrected chi connectivity index (χ4v) is 1.57. The van der Waals surface area contributed by atoms with Crippen LogP contribution < -0.4 is 10.5 Å². The number of nitrogens with zero attached hydrogens (tertiary/aromatic N) is 1. The summed E-state index contributed by atoms with van der Waals surface area (Å²) in [6.45, 7) is 0. The zero-order chi connectivity index (χ0) is 13.8. The number of hydrogen-bond donors (Lipinski definition) is 1. The molecule has 6 heteroatoms. The molecule has 0 unspecified atom stereocenters. The molecule has 1 aromatic heterocycles. The molecule has 2 rings (SSSR count). The van der Waals surface area contributed by atoms with Gasteiger partial charge >= 0.3 is 5.97 Å². The molecule has 0 aliphatic carbocycles. The number of benzene rings is 1. The Balaban J connectivity index is 2.23. The number of methoxy groups -OCH3 is 1. The first kappa shape index (κ1) is 13.2. The lowest BCUT2D eigenvalue weighted by atomic mass is 10.2. The van der Waals surface area contributed by atoms with Gasteiger partial charge in [-0.15, -0.1) is 0 Å². The number of aromatic nitrogens is 1. The molecule has 1 aromatic carbocycles. The molecular weight excluding hydrogens is 268 g/mol. The Labute approximate surface area is 114 Å². The molecule has 0 spiro atoms. The van der Waals surface area contributed by atoms with Crippen LogP contribution in [0.3, 0.4) is 0 Å². The van der Waals surface area contributed by atoms with Gasteiger partial charge in [0.2, 0.25) is 5.88 Å². The molecule has 98 valence electrons. The zero-order valence-electron chi connectivity index (χ0n) is 10.1. The Bertz CT molecular complexity index is 617. The first-order chi connectivity index (χ1) is 9.10. The lowest BCUT2D eigenvalue weighted by Gasteiger charge is -2.07. The van der Waals surface area contributed by atoms with Gasteiger partial charge in [-0.25, -0.2) is 9.78 Å². The van der Waals surface area contributed by atoms with E-state index in [1.165, 1.54) is 25.4 Å². The van der Waals surface area contributed by atoms with Crippen molar-refractivity contribution in [2.75, 3.05) is 12.8 Å². The van der Waals surface area contributed by atoms with Crippen LogP contribution in [-0.2, 0) is 4.74 Å². The van der Waals surface area contributed by atoms with E-state index in [1.807, 2.05) is 0 Å². The molecule has 2 aromatic rings. The van der Waals surface area contributed by atoms with Crippen molar-refractivity contribution >= 4 is 23.3 Å². The van der Waals surface area contributed by atoms with Gasteiger partial charge in [-0.1, -0.05) is 11.6 Å². The Hall–Kier alpha value is -2.27. The second-order valence-corrected chi connectivity index (χ2v) is 4.07. The second kappa shape index (κ2) is 5.58. The van der Waals surface area contributed by atoms with E-state index in [0.717, 1.165) is 0 Å². The van der Waals surface area contributed by atoms with Crippen LogP contribution in [0.15, 0.2) is 36.5 Å². The first-order valence-corrected chi connectivity index (χ1v) is 5.75. The highest BCUT2D eigenvalue weighted by molar-refractivity contribution is 6.33. The highest BCUT2D eigenvalue weighted by Crippen LogP contribution is 2.27. The maximum absolute atomic E-state index is 11.4. The number of pyridine rings is 1. The molecular formula is C13H11ClN2O3. The van der Waals surface area contributed by atoms with E-state index in [-0.39, 0.29) is 5.88 Å². The molecule has 2 N–H and O–H groups in total. The minimum absolute atomic E-state index is 0.267. The van der Waals surface area contributed by atoms with Crippen molar-refractivity contribution in [3.05, 3.63) is 47.1 Å². The van der Waals surface area contributed by atoms with Crippen LogP contribution in [0.1, 0.15) is 10.4 Å². The number of carbonyl (C=O) groups is 1. The number of nitrogens with two attached hydrogens (primary N) is 1. The van der Waals surface area contributed by atoms with E-state index in [1.54, 1.807) is 18.2 Å². The van der Waals surface area contributed by atoms with Crippen LogP contribution in [0.25, 0.3) is 0 Å². The summed E-state index contributed by atoms with van der Waals surface area (Å²) in [5.74, 6) is 0.292. The van der Waals surface area contributed by atoms with Gasteiger partial charge in [-0.05, 0) is 18.2 Å². The molecule has 0 aliphatic heterocycles. The van der Waals surface area contributed by atoms with E-state index in [4.69, 9.17) is 22.1 Å². The lowest BCUT2D eigenvalue weighted by molar-refractivity contribution is 0.0600. The van der Waals surface area contributed by atoms with Crippen LogP contribution >= 0.6 is 11.6 Å². The summed E-state index contributed by atoms with van der Waals surface area (Å²) in [5.41, 5.74) is 6.42. The van der Waals surface area contributed by atoms with Gasteiger partial charge in [0.25, 0.3) is 0 Å². The van der Waals surface area contributed by atoms with Gasteiger partial charge < -0.3 is 15.2 Å². The maximum Gasteiger partial charge on any atom is 0.338 e. The minimum atomic E-state index is -0.456. The molecule has 0 radical (unpaired) electrons. The third kappa shape index (κ3) is 3.14. The molecule has 0 bridgehead atoms. The fourth-order valence-electron chi connectivity index (χ4n) is 1.40. The summed E-state index contributed by atoms with van der Waals surface area (Å²) >= 11 is 5.88. The zero-order valence-corrected chi connectivity index (χ0v) is 10.8. The standard InChI is InChI=1S/C13H11ClN2O3/c1-18-13(17)8-4-5-16-12(6-8)19-9-2-3-11(15)10(14)7-9/h2-7H,15H2,1H3.